The molecule has 0 unspecified atom stereocenters. The van der Waals surface area contributed by atoms with Gasteiger partial charge < -0.3 is 10.6 Å². The first kappa shape index (κ1) is 10.3. The van der Waals surface area contributed by atoms with Gasteiger partial charge in [-0.2, -0.15) is 0 Å². The van der Waals surface area contributed by atoms with Crippen LogP contribution in [-0.4, -0.2) is 13.1 Å². The molecular formula is C13H20N2. The van der Waals surface area contributed by atoms with Crippen molar-refractivity contribution in [3.8, 4) is 0 Å². The molecule has 0 radical (unpaired) electrons. The van der Waals surface area contributed by atoms with Crippen LogP contribution in [0.25, 0.3) is 0 Å². The van der Waals surface area contributed by atoms with Crippen LogP contribution < -0.4 is 10.6 Å². The van der Waals surface area contributed by atoms with E-state index in [-0.39, 0.29) is 0 Å². The molecule has 0 aliphatic heterocycles. The minimum atomic E-state index is 0.689. The molecule has 0 bridgehead atoms. The summed E-state index contributed by atoms with van der Waals surface area (Å²) in [6.45, 7) is 2.07. The molecule has 0 spiro atoms. The van der Waals surface area contributed by atoms with Crippen molar-refractivity contribution >= 4 is 11.4 Å². The summed E-state index contributed by atoms with van der Waals surface area (Å²) in [6, 6.07) is 6.98. The number of benzene rings is 1. The molecule has 1 aromatic rings. The molecular weight excluding hydrogens is 184 g/mol. The minimum absolute atomic E-state index is 0.689. The van der Waals surface area contributed by atoms with E-state index in [1.54, 1.807) is 0 Å². The van der Waals surface area contributed by atoms with Gasteiger partial charge in [-0.1, -0.05) is 25.0 Å². The summed E-state index contributed by atoms with van der Waals surface area (Å²) in [4.78, 5) is 2.36. The molecule has 15 heavy (non-hydrogen) atoms. The number of hydrogen-bond donors (Lipinski definition) is 1. The average Bonchev–Trinajstić information content (AvgIpc) is 2.74. The van der Waals surface area contributed by atoms with Crippen LogP contribution in [0.3, 0.4) is 0 Å². The molecule has 0 atom stereocenters. The summed E-state index contributed by atoms with van der Waals surface area (Å²) in [7, 11) is 2.17. The highest BCUT2D eigenvalue weighted by Crippen LogP contribution is 2.31. The molecule has 2 nitrogen and oxygen atoms in total. The Morgan fingerprint density at radius 3 is 2.60 bits per heavy atom. The van der Waals surface area contributed by atoms with Crippen molar-refractivity contribution in [3.05, 3.63) is 23.8 Å². The first-order valence-electron chi connectivity index (χ1n) is 5.78. The first-order chi connectivity index (χ1) is 7.20. The van der Waals surface area contributed by atoms with Crippen molar-refractivity contribution in [2.45, 2.75) is 38.6 Å². The van der Waals surface area contributed by atoms with E-state index < -0.39 is 0 Å². The van der Waals surface area contributed by atoms with E-state index in [0.29, 0.717) is 6.04 Å². The highest BCUT2D eigenvalue weighted by Gasteiger charge is 2.21. The topological polar surface area (TPSA) is 29.3 Å². The Balaban J connectivity index is 2.24. The van der Waals surface area contributed by atoms with Crippen molar-refractivity contribution in [2.24, 2.45) is 0 Å². The summed E-state index contributed by atoms with van der Waals surface area (Å²) < 4.78 is 0. The SMILES string of the molecule is Cc1cccc(N(C)C2CCCC2)c1N. The fourth-order valence-corrected chi connectivity index (χ4v) is 2.46. The first-order valence-corrected chi connectivity index (χ1v) is 5.78. The molecule has 1 aliphatic carbocycles. The lowest BCUT2D eigenvalue weighted by molar-refractivity contribution is 0.654. The van der Waals surface area contributed by atoms with Crippen molar-refractivity contribution in [1.82, 2.24) is 0 Å². The molecule has 0 aromatic heterocycles. The van der Waals surface area contributed by atoms with Crippen molar-refractivity contribution in [2.75, 3.05) is 17.7 Å². The largest absolute Gasteiger partial charge is 0.397 e. The Morgan fingerprint density at radius 2 is 1.93 bits per heavy atom. The lowest BCUT2D eigenvalue weighted by Crippen LogP contribution is -2.29. The van der Waals surface area contributed by atoms with Crippen molar-refractivity contribution in [3.63, 3.8) is 0 Å². The van der Waals surface area contributed by atoms with E-state index in [1.807, 2.05) is 0 Å². The van der Waals surface area contributed by atoms with Gasteiger partial charge in [0.25, 0.3) is 0 Å². The molecule has 0 amide bonds. The highest BCUT2D eigenvalue weighted by atomic mass is 15.1. The Labute approximate surface area is 92.1 Å². The average molecular weight is 204 g/mol. The van der Waals surface area contributed by atoms with E-state index >= 15 is 0 Å². The Bertz CT molecular complexity index is 340. The molecule has 0 heterocycles. The highest BCUT2D eigenvalue weighted by molar-refractivity contribution is 5.71. The zero-order valence-corrected chi connectivity index (χ0v) is 9.66. The number of anilines is 2. The second-order valence-corrected chi connectivity index (χ2v) is 4.56. The predicted octanol–water partition coefficient (Wildman–Crippen LogP) is 2.96. The van der Waals surface area contributed by atoms with Gasteiger partial charge in [0, 0.05) is 13.1 Å². The van der Waals surface area contributed by atoms with Crippen LogP contribution in [0.15, 0.2) is 18.2 Å². The van der Waals surface area contributed by atoms with Crippen LogP contribution in [0, 0.1) is 6.92 Å². The van der Waals surface area contributed by atoms with Gasteiger partial charge in [-0.15, -0.1) is 0 Å². The standard InChI is InChI=1S/C13H20N2/c1-10-6-5-9-12(13(10)14)15(2)11-7-3-4-8-11/h5-6,9,11H,3-4,7-8,14H2,1-2H3. The van der Waals surface area contributed by atoms with Gasteiger partial charge in [-0.05, 0) is 31.4 Å². The fraction of sp³-hybridized carbons (Fsp3) is 0.538. The van der Waals surface area contributed by atoms with E-state index in [9.17, 15) is 0 Å². The van der Waals surface area contributed by atoms with Crippen LogP contribution in [0.2, 0.25) is 0 Å². The summed E-state index contributed by atoms with van der Waals surface area (Å²) in [5, 5.41) is 0. The fourth-order valence-electron chi connectivity index (χ4n) is 2.46. The summed E-state index contributed by atoms with van der Waals surface area (Å²) in [5.41, 5.74) is 9.42. The van der Waals surface area contributed by atoms with Gasteiger partial charge in [0.15, 0.2) is 0 Å². The third-order valence-corrected chi connectivity index (χ3v) is 3.55. The van der Waals surface area contributed by atoms with Gasteiger partial charge in [0.1, 0.15) is 0 Å². The molecule has 1 fully saturated rings. The normalized spacial score (nSPS) is 16.9. The number of nitrogens with zero attached hydrogens (tertiary/aromatic N) is 1. The van der Waals surface area contributed by atoms with Gasteiger partial charge in [0.2, 0.25) is 0 Å². The van der Waals surface area contributed by atoms with E-state index in [2.05, 4.69) is 37.1 Å². The molecule has 0 saturated heterocycles. The van der Waals surface area contributed by atoms with Gasteiger partial charge >= 0.3 is 0 Å². The number of hydrogen-bond acceptors (Lipinski definition) is 2. The second kappa shape index (κ2) is 4.13. The quantitative estimate of drug-likeness (QED) is 0.750. The zero-order valence-electron chi connectivity index (χ0n) is 9.66. The number of rotatable bonds is 2. The third-order valence-electron chi connectivity index (χ3n) is 3.55. The number of aryl methyl sites for hydroxylation is 1. The van der Waals surface area contributed by atoms with Crippen LogP contribution in [0.4, 0.5) is 11.4 Å². The molecule has 2 heteroatoms. The Hall–Kier alpha value is -1.18. The smallest absolute Gasteiger partial charge is 0.0602 e. The van der Waals surface area contributed by atoms with Gasteiger partial charge in [-0.3, -0.25) is 0 Å². The minimum Gasteiger partial charge on any atom is -0.397 e. The predicted molar refractivity (Wildman–Crippen MR) is 66.3 cm³/mol. The monoisotopic (exact) mass is 204 g/mol. The molecule has 2 N–H and O–H groups in total. The van der Waals surface area contributed by atoms with Gasteiger partial charge in [-0.25, -0.2) is 0 Å². The lowest BCUT2D eigenvalue weighted by Gasteiger charge is -2.28. The second-order valence-electron chi connectivity index (χ2n) is 4.56. The molecule has 1 aliphatic rings. The van der Waals surface area contributed by atoms with E-state index in [0.717, 1.165) is 5.69 Å². The maximum Gasteiger partial charge on any atom is 0.0602 e. The summed E-state index contributed by atoms with van der Waals surface area (Å²) in [6.07, 6.45) is 5.34. The van der Waals surface area contributed by atoms with E-state index in [4.69, 9.17) is 5.73 Å². The summed E-state index contributed by atoms with van der Waals surface area (Å²) in [5.74, 6) is 0. The van der Waals surface area contributed by atoms with Crippen LogP contribution in [0.5, 0.6) is 0 Å². The van der Waals surface area contributed by atoms with Crippen LogP contribution >= 0.6 is 0 Å². The van der Waals surface area contributed by atoms with Gasteiger partial charge in [0.05, 0.1) is 11.4 Å². The third kappa shape index (κ3) is 1.94. The molecule has 82 valence electrons. The van der Waals surface area contributed by atoms with Crippen LogP contribution in [0.1, 0.15) is 31.2 Å². The maximum atomic E-state index is 6.11. The summed E-state index contributed by atoms with van der Waals surface area (Å²) >= 11 is 0. The molecule has 2 rings (SSSR count). The Morgan fingerprint density at radius 1 is 1.27 bits per heavy atom. The van der Waals surface area contributed by atoms with E-state index in [1.165, 1.54) is 36.9 Å². The molecule has 1 aromatic carbocycles. The number of para-hydroxylation sites is 1. The number of nitrogen functional groups attached to an aromatic ring is 1. The maximum absolute atomic E-state index is 6.11. The number of nitrogens with two attached hydrogens (primary N) is 1. The van der Waals surface area contributed by atoms with Crippen LogP contribution in [-0.2, 0) is 0 Å². The molecule has 1 saturated carbocycles. The Kier molecular flexibility index (Phi) is 2.85. The van der Waals surface area contributed by atoms with Crippen molar-refractivity contribution in [1.29, 1.82) is 0 Å². The lowest BCUT2D eigenvalue weighted by atomic mass is 10.1. The van der Waals surface area contributed by atoms with Crippen molar-refractivity contribution < 1.29 is 0 Å². The zero-order chi connectivity index (χ0) is 10.8.